The van der Waals surface area contributed by atoms with Gasteiger partial charge in [-0.05, 0) is 6.92 Å². The molecule has 13 heavy (non-hydrogen) atoms. The van der Waals surface area contributed by atoms with E-state index in [1.165, 1.54) is 6.26 Å². The first-order chi connectivity index (χ1) is 6.13. The van der Waals surface area contributed by atoms with Gasteiger partial charge in [0.15, 0.2) is 0 Å². The van der Waals surface area contributed by atoms with Crippen LogP contribution in [0.4, 0.5) is 5.82 Å². The summed E-state index contributed by atoms with van der Waals surface area (Å²) in [6, 6.07) is 1.60. The molecule has 0 radical (unpaired) electrons. The van der Waals surface area contributed by atoms with Gasteiger partial charge in [-0.2, -0.15) is 0 Å². The van der Waals surface area contributed by atoms with Crippen molar-refractivity contribution in [1.82, 2.24) is 9.97 Å². The topological polar surface area (TPSA) is 54.9 Å². The van der Waals surface area contributed by atoms with Gasteiger partial charge in [0.25, 0.3) is 0 Å². The number of nitrogens with one attached hydrogen (secondary N) is 1. The lowest BCUT2D eigenvalue weighted by atomic mass is 10.5. The molecule has 0 spiro atoms. The molecule has 1 N–H and O–H groups in total. The third-order valence-electron chi connectivity index (χ3n) is 1.29. The number of anilines is 1. The molecule has 1 atom stereocenters. The van der Waals surface area contributed by atoms with Gasteiger partial charge in [0.05, 0.1) is 10.8 Å². The largest absolute Gasteiger partial charge is 0.370 e. The maximum absolute atomic E-state index is 11.1. The average Bonchev–Trinajstić information content (AvgIpc) is 2.03. The standard InChI is InChI=1S/C7H10ClN3OS/c1-3-9-6-4-5(8)10-7(11-6)13(2)12/h4H,3H2,1-2H3,(H,9,10,11). The molecule has 0 fully saturated rings. The molecule has 1 unspecified atom stereocenters. The van der Waals surface area contributed by atoms with Crippen molar-refractivity contribution >= 4 is 28.2 Å². The van der Waals surface area contributed by atoms with Crippen LogP contribution in [-0.4, -0.2) is 27.0 Å². The van der Waals surface area contributed by atoms with Crippen molar-refractivity contribution in [3.63, 3.8) is 0 Å². The van der Waals surface area contributed by atoms with E-state index in [0.29, 0.717) is 11.0 Å². The minimum absolute atomic E-state index is 0.253. The predicted molar refractivity (Wildman–Crippen MR) is 53.5 cm³/mol. The Morgan fingerprint density at radius 2 is 2.31 bits per heavy atom. The Kier molecular flexibility index (Phi) is 3.62. The Morgan fingerprint density at radius 3 is 2.85 bits per heavy atom. The second-order valence-corrected chi connectivity index (χ2v) is 4.00. The summed E-state index contributed by atoms with van der Waals surface area (Å²) in [5.41, 5.74) is 0. The number of aromatic nitrogens is 2. The van der Waals surface area contributed by atoms with Gasteiger partial charge in [-0.1, -0.05) is 11.6 Å². The zero-order chi connectivity index (χ0) is 9.84. The van der Waals surface area contributed by atoms with E-state index in [-0.39, 0.29) is 5.16 Å². The highest BCUT2D eigenvalue weighted by molar-refractivity contribution is 7.84. The predicted octanol–water partition coefficient (Wildman–Crippen LogP) is 1.30. The van der Waals surface area contributed by atoms with Crippen molar-refractivity contribution in [2.75, 3.05) is 18.1 Å². The first-order valence-corrected chi connectivity index (χ1v) is 5.69. The second-order valence-electron chi connectivity index (χ2n) is 2.34. The lowest BCUT2D eigenvalue weighted by molar-refractivity contribution is 0.679. The van der Waals surface area contributed by atoms with E-state index in [9.17, 15) is 4.21 Å². The molecule has 1 aromatic rings. The minimum atomic E-state index is -1.20. The molecule has 1 rings (SSSR count). The summed E-state index contributed by atoms with van der Waals surface area (Å²) in [6.45, 7) is 2.68. The van der Waals surface area contributed by atoms with E-state index in [1.54, 1.807) is 6.07 Å². The second kappa shape index (κ2) is 4.53. The lowest BCUT2D eigenvalue weighted by Crippen LogP contribution is -2.04. The Morgan fingerprint density at radius 1 is 1.62 bits per heavy atom. The van der Waals surface area contributed by atoms with Crippen molar-refractivity contribution in [3.8, 4) is 0 Å². The molecule has 72 valence electrons. The van der Waals surface area contributed by atoms with Crippen LogP contribution in [0.15, 0.2) is 11.2 Å². The third-order valence-corrected chi connectivity index (χ3v) is 2.18. The highest BCUT2D eigenvalue weighted by Crippen LogP contribution is 2.12. The van der Waals surface area contributed by atoms with Crippen LogP contribution in [0.1, 0.15) is 6.92 Å². The van der Waals surface area contributed by atoms with Gasteiger partial charge in [-0.3, -0.25) is 4.21 Å². The molecule has 0 aliphatic rings. The van der Waals surface area contributed by atoms with Gasteiger partial charge in [0, 0.05) is 18.9 Å². The zero-order valence-electron chi connectivity index (χ0n) is 7.37. The van der Waals surface area contributed by atoms with Gasteiger partial charge in [-0.25, -0.2) is 9.97 Å². The lowest BCUT2D eigenvalue weighted by Gasteiger charge is -2.03. The molecule has 0 aliphatic carbocycles. The molecule has 1 aromatic heterocycles. The summed E-state index contributed by atoms with van der Waals surface area (Å²) in [4.78, 5) is 7.85. The molecule has 0 bridgehead atoms. The number of hydrogen-bond acceptors (Lipinski definition) is 4. The van der Waals surface area contributed by atoms with E-state index >= 15 is 0 Å². The van der Waals surface area contributed by atoms with Crippen LogP contribution in [-0.2, 0) is 10.8 Å². The zero-order valence-corrected chi connectivity index (χ0v) is 8.95. The Labute approximate surface area is 84.2 Å². The maximum Gasteiger partial charge on any atom is 0.221 e. The third kappa shape index (κ3) is 2.93. The van der Waals surface area contributed by atoms with Gasteiger partial charge in [0.1, 0.15) is 11.0 Å². The van der Waals surface area contributed by atoms with E-state index in [4.69, 9.17) is 11.6 Å². The number of hydrogen-bond donors (Lipinski definition) is 1. The molecule has 4 nitrogen and oxygen atoms in total. The molecule has 0 saturated carbocycles. The van der Waals surface area contributed by atoms with Crippen LogP contribution < -0.4 is 5.32 Å². The quantitative estimate of drug-likeness (QED) is 0.615. The summed E-state index contributed by atoms with van der Waals surface area (Å²) in [6.07, 6.45) is 1.52. The Bertz CT molecular complexity index is 332. The van der Waals surface area contributed by atoms with Crippen LogP contribution in [0.3, 0.4) is 0 Å². The van der Waals surface area contributed by atoms with E-state index in [2.05, 4.69) is 15.3 Å². The van der Waals surface area contributed by atoms with Crippen molar-refractivity contribution in [2.45, 2.75) is 12.1 Å². The van der Waals surface area contributed by atoms with Crippen LogP contribution in [0, 0.1) is 0 Å². The molecule has 1 heterocycles. The first-order valence-electron chi connectivity index (χ1n) is 3.75. The highest BCUT2D eigenvalue weighted by atomic mass is 35.5. The van der Waals surface area contributed by atoms with E-state index in [1.807, 2.05) is 6.92 Å². The molecule has 0 aromatic carbocycles. The smallest absolute Gasteiger partial charge is 0.221 e. The number of nitrogens with zero attached hydrogens (tertiary/aromatic N) is 2. The van der Waals surface area contributed by atoms with Crippen molar-refractivity contribution < 1.29 is 4.21 Å². The SMILES string of the molecule is CCNc1cc(Cl)nc(S(C)=O)n1. The summed E-state index contributed by atoms with van der Waals surface area (Å²) in [5, 5.41) is 3.53. The maximum atomic E-state index is 11.1. The fourth-order valence-electron chi connectivity index (χ4n) is 0.797. The summed E-state index contributed by atoms with van der Waals surface area (Å²) >= 11 is 5.70. The van der Waals surface area contributed by atoms with Crippen LogP contribution in [0.2, 0.25) is 5.15 Å². The summed E-state index contributed by atoms with van der Waals surface area (Å²) in [7, 11) is -1.20. The van der Waals surface area contributed by atoms with Crippen LogP contribution in [0.5, 0.6) is 0 Å². The van der Waals surface area contributed by atoms with Crippen molar-refractivity contribution in [2.24, 2.45) is 0 Å². The molecule has 0 aliphatic heterocycles. The van der Waals surface area contributed by atoms with E-state index < -0.39 is 10.8 Å². The Hall–Kier alpha value is -0.680. The average molecular weight is 220 g/mol. The summed E-state index contributed by atoms with van der Waals surface area (Å²) in [5.74, 6) is 0.604. The van der Waals surface area contributed by atoms with Gasteiger partial charge in [-0.15, -0.1) is 0 Å². The van der Waals surface area contributed by atoms with Crippen molar-refractivity contribution in [3.05, 3.63) is 11.2 Å². The number of rotatable bonds is 3. The van der Waals surface area contributed by atoms with Gasteiger partial charge in [0.2, 0.25) is 5.16 Å². The molecule has 6 heteroatoms. The molecular weight excluding hydrogens is 210 g/mol. The van der Waals surface area contributed by atoms with Crippen LogP contribution in [0.25, 0.3) is 0 Å². The fourth-order valence-corrected chi connectivity index (χ4v) is 1.48. The highest BCUT2D eigenvalue weighted by Gasteiger charge is 2.05. The van der Waals surface area contributed by atoms with Crippen LogP contribution >= 0.6 is 11.6 Å². The normalized spacial score (nSPS) is 12.5. The minimum Gasteiger partial charge on any atom is -0.370 e. The van der Waals surface area contributed by atoms with Gasteiger partial charge >= 0.3 is 0 Å². The summed E-state index contributed by atoms with van der Waals surface area (Å²) < 4.78 is 11.1. The van der Waals surface area contributed by atoms with Gasteiger partial charge < -0.3 is 5.32 Å². The van der Waals surface area contributed by atoms with Crippen molar-refractivity contribution in [1.29, 1.82) is 0 Å². The number of halogens is 1. The molecular formula is C7H10ClN3OS. The molecule has 0 amide bonds. The molecule has 0 saturated heterocycles. The first kappa shape index (κ1) is 10.4. The van der Waals surface area contributed by atoms with E-state index in [0.717, 1.165) is 6.54 Å². The Balaban J connectivity index is 3.03. The fraction of sp³-hybridized carbons (Fsp3) is 0.429. The monoisotopic (exact) mass is 219 g/mol.